The van der Waals surface area contributed by atoms with Crippen LogP contribution in [0.25, 0.3) is 11.1 Å². The standard InChI is InChI=1S/C40H48N8O5S/c41-20-16-37(49)46-34-14-12-31(13-15-34)32-9-5-11-35(26-32)54(52,53)47-36(25-30-8-4-10-33(24-30)38(42)43)39(50)48-22-18-28(19-23-48)17-21-44-40(51)45-27-29-6-2-1-3-7-29/h1-15,24,26,28,36,47H,16-23,25,27,41H2,(H3,42,43)(H,46,49)(H2,44,45,51)/t36-/m0/s1. The van der Waals surface area contributed by atoms with E-state index in [-0.39, 0.29) is 48.0 Å². The molecule has 4 amide bonds. The van der Waals surface area contributed by atoms with Crippen LogP contribution in [0.4, 0.5) is 10.5 Å². The van der Waals surface area contributed by atoms with E-state index < -0.39 is 16.1 Å². The molecule has 1 aliphatic heterocycles. The summed E-state index contributed by atoms with van der Waals surface area (Å²) >= 11 is 0. The van der Waals surface area contributed by atoms with E-state index in [0.29, 0.717) is 54.5 Å². The van der Waals surface area contributed by atoms with Crippen LogP contribution < -0.4 is 32.1 Å². The average Bonchev–Trinajstić information content (AvgIpc) is 3.18. The Kier molecular flexibility index (Phi) is 13.9. The van der Waals surface area contributed by atoms with Gasteiger partial charge in [0.05, 0.1) is 4.90 Å². The molecule has 284 valence electrons. The first-order valence-electron chi connectivity index (χ1n) is 18.0. The Balaban J connectivity index is 1.23. The van der Waals surface area contributed by atoms with Gasteiger partial charge in [0.2, 0.25) is 21.8 Å². The summed E-state index contributed by atoms with van der Waals surface area (Å²) in [7, 11) is -4.18. The van der Waals surface area contributed by atoms with Gasteiger partial charge in [0, 0.05) is 50.4 Å². The van der Waals surface area contributed by atoms with Gasteiger partial charge in [-0.25, -0.2) is 13.2 Å². The van der Waals surface area contributed by atoms with Crippen LogP contribution in [-0.2, 0) is 32.6 Å². The largest absolute Gasteiger partial charge is 0.384 e. The molecule has 13 nitrogen and oxygen atoms in total. The number of carbonyl (C=O) groups excluding carboxylic acids is 3. The van der Waals surface area contributed by atoms with Crippen LogP contribution in [0, 0.1) is 11.3 Å². The minimum absolute atomic E-state index is 0.00498. The highest BCUT2D eigenvalue weighted by molar-refractivity contribution is 7.89. The van der Waals surface area contributed by atoms with Crippen molar-refractivity contribution in [2.45, 2.75) is 49.6 Å². The van der Waals surface area contributed by atoms with E-state index in [1.165, 1.54) is 6.07 Å². The molecular weight excluding hydrogens is 705 g/mol. The first-order chi connectivity index (χ1) is 26.0. The third-order valence-corrected chi connectivity index (χ3v) is 10.8. The van der Waals surface area contributed by atoms with E-state index >= 15 is 0 Å². The Morgan fingerprint density at radius 3 is 2.24 bits per heavy atom. The SMILES string of the molecule is N=C(N)c1cccc(C[C@H](NS(=O)(=O)c2cccc(-c3ccc(NC(=O)CCN)cc3)c2)C(=O)N2CCC(CCNC(=O)NCc3ccccc3)CC2)c1. The second-order valence-corrected chi connectivity index (χ2v) is 15.1. The molecule has 0 bridgehead atoms. The van der Waals surface area contributed by atoms with Gasteiger partial charge in [-0.05, 0) is 84.2 Å². The monoisotopic (exact) mass is 752 g/mol. The van der Waals surface area contributed by atoms with Gasteiger partial charge in [-0.1, -0.05) is 72.8 Å². The Bertz CT molecular complexity index is 2020. The molecule has 1 fully saturated rings. The molecule has 54 heavy (non-hydrogen) atoms. The number of benzene rings is 4. The third-order valence-electron chi connectivity index (χ3n) is 9.35. The number of sulfonamides is 1. The highest BCUT2D eigenvalue weighted by Crippen LogP contribution is 2.26. The summed E-state index contributed by atoms with van der Waals surface area (Å²) in [5.74, 6) is -0.371. The molecule has 4 aromatic carbocycles. The van der Waals surface area contributed by atoms with Crippen molar-refractivity contribution >= 4 is 39.4 Å². The van der Waals surface area contributed by atoms with Gasteiger partial charge in [-0.3, -0.25) is 15.0 Å². The van der Waals surface area contributed by atoms with Crippen molar-refractivity contribution in [1.82, 2.24) is 20.3 Å². The number of nitrogens with two attached hydrogens (primary N) is 2. The molecule has 9 N–H and O–H groups in total. The van der Waals surface area contributed by atoms with Crippen LogP contribution >= 0.6 is 0 Å². The van der Waals surface area contributed by atoms with Crippen molar-refractivity contribution in [3.05, 3.63) is 120 Å². The van der Waals surface area contributed by atoms with Crippen molar-refractivity contribution in [3.63, 3.8) is 0 Å². The first kappa shape index (κ1) is 39.6. The Labute approximate surface area is 316 Å². The number of nitrogens with zero attached hydrogens (tertiary/aromatic N) is 1. The highest BCUT2D eigenvalue weighted by Gasteiger charge is 2.32. The molecule has 0 aliphatic carbocycles. The van der Waals surface area contributed by atoms with Crippen molar-refractivity contribution in [2.24, 2.45) is 17.4 Å². The van der Waals surface area contributed by atoms with Crippen LogP contribution in [-0.4, -0.2) is 69.2 Å². The number of hydrogen-bond donors (Lipinski definition) is 7. The lowest BCUT2D eigenvalue weighted by Crippen LogP contribution is -2.51. The minimum atomic E-state index is -4.18. The maximum atomic E-state index is 14.1. The Hall–Kier alpha value is -5.57. The second-order valence-electron chi connectivity index (χ2n) is 13.3. The molecule has 0 saturated carbocycles. The van der Waals surface area contributed by atoms with Crippen LogP contribution in [0.5, 0.6) is 0 Å². The number of amidine groups is 1. The quantitative estimate of drug-likeness (QED) is 0.0661. The van der Waals surface area contributed by atoms with E-state index in [4.69, 9.17) is 16.9 Å². The molecule has 1 aliphatic rings. The average molecular weight is 753 g/mol. The number of amides is 4. The summed E-state index contributed by atoms with van der Waals surface area (Å²) in [6, 6.07) is 28.7. The molecule has 14 heteroatoms. The number of carbonyl (C=O) groups is 3. The summed E-state index contributed by atoms with van der Waals surface area (Å²) in [4.78, 5) is 40.0. The van der Waals surface area contributed by atoms with Crippen LogP contribution in [0.2, 0.25) is 0 Å². The zero-order valence-electron chi connectivity index (χ0n) is 30.1. The fourth-order valence-electron chi connectivity index (χ4n) is 6.37. The third kappa shape index (κ3) is 11.5. The van der Waals surface area contributed by atoms with Crippen LogP contribution in [0.1, 0.15) is 42.4 Å². The summed E-state index contributed by atoms with van der Waals surface area (Å²) in [6.07, 6.45) is 2.45. The number of piperidine rings is 1. The minimum Gasteiger partial charge on any atom is -0.384 e. The van der Waals surface area contributed by atoms with Crippen LogP contribution in [0.3, 0.4) is 0 Å². The predicted octanol–water partition coefficient (Wildman–Crippen LogP) is 3.94. The highest BCUT2D eigenvalue weighted by atomic mass is 32.2. The molecule has 4 aromatic rings. The van der Waals surface area contributed by atoms with Crippen molar-refractivity contribution in [3.8, 4) is 11.1 Å². The van der Waals surface area contributed by atoms with E-state index in [0.717, 1.165) is 30.4 Å². The van der Waals surface area contributed by atoms with Crippen molar-refractivity contribution < 1.29 is 22.8 Å². The van der Waals surface area contributed by atoms with Gasteiger partial charge in [0.25, 0.3) is 0 Å². The fourth-order valence-corrected chi connectivity index (χ4v) is 7.61. The maximum Gasteiger partial charge on any atom is 0.315 e. The zero-order valence-corrected chi connectivity index (χ0v) is 30.9. The van der Waals surface area contributed by atoms with E-state index in [1.807, 2.05) is 30.3 Å². The normalized spacial score (nSPS) is 13.8. The molecule has 0 unspecified atom stereocenters. The number of nitrogens with one attached hydrogen (secondary N) is 5. The van der Waals surface area contributed by atoms with Gasteiger partial charge in [0.1, 0.15) is 11.9 Å². The number of rotatable bonds is 16. The molecule has 1 atom stereocenters. The summed E-state index contributed by atoms with van der Waals surface area (Å²) < 4.78 is 30.6. The molecule has 1 heterocycles. The molecule has 0 aromatic heterocycles. The van der Waals surface area contributed by atoms with Crippen molar-refractivity contribution in [1.29, 1.82) is 5.41 Å². The number of anilines is 1. The van der Waals surface area contributed by atoms with Gasteiger partial charge < -0.3 is 32.3 Å². The van der Waals surface area contributed by atoms with Gasteiger partial charge in [0.15, 0.2) is 0 Å². The summed E-state index contributed by atoms with van der Waals surface area (Å²) in [6.45, 7) is 2.09. The summed E-state index contributed by atoms with van der Waals surface area (Å²) in [5, 5.41) is 16.4. The number of likely N-dealkylation sites (tertiary alicyclic amines) is 1. The van der Waals surface area contributed by atoms with Crippen molar-refractivity contribution in [2.75, 3.05) is 31.5 Å². The van der Waals surface area contributed by atoms with Crippen LogP contribution in [0.15, 0.2) is 108 Å². The number of urea groups is 1. The lowest BCUT2D eigenvalue weighted by molar-refractivity contribution is -0.134. The van der Waals surface area contributed by atoms with Gasteiger partial charge in [-0.15, -0.1) is 0 Å². The molecule has 0 radical (unpaired) electrons. The lowest BCUT2D eigenvalue weighted by Gasteiger charge is -2.34. The second kappa shape index (κ2) is 19.0. The molecule has 0 spiro atoms. The molecule has 1 saturated heterocycles. The Morgan fingerprint density at radius 1 is 0.833 bits per heavy atom. The van der Waals surface area contributed by atoms with Gasteiger partial charge in [-0.2, -0.15) is 4.72 Å². The lowest BCUT2D eigenvalue weighted by atomic mass is 9.93. The maximum absolute atomic E-state index is 14.1. The molecular formula is C40H48N8O5S. The van der Waals surface area contributed by atoms with E-state index in [2.05, 4.69) is 20.7 Å². The smallest absolute Gasteiger partial charge is 0.315 e. The predicted molar refractivity (Wildman–Crippen MR) is 210 cm³/mol. The molecule has 5 rings (SSSR count). The zero-order chi connectivity index (χ0) is 38.5. The number of hydrogen-bond acceptors (Lipinski definition) is 7. The topological polar surface area (TPSA) is 213 Å². The van der Waals surface area contributed by atoms with Gasteiger partial charge >= 0.3 is 6.03 Å². The Morgan fingerprint density at radius 2 is 1.54 bits per heavy atom. The van der Waals surface area contributed by atoms with E-state index in [1.54, 1.807) is 71.6 Å². The summed E-state index contributed by atoms with van der Waals surface area (Å²) in [5.41, 5.74) is 15.3. The fraction of sp³-hybridized carbons (Fsp3) is 0.300. The van der Waals surface area contributed by atoms with E-state index in [9.17, 15) is 22.8 Å². The first-order valence-corrected chi connectivity index (χ1v) is 19.5. The number of nitrogen functional groups attached to an aromatic ring is 1.